The van der Waals surface area contributed by atoms with Gasteiger partial charge < -0.3 is 19.3 Å². The van der Waals surface area contributed by atoms with Gasteiger partial charge in [-0.15, -0.1) is 0 Å². The van der Waals surface area contributed by atoms with Crippen LogP contribution in [0.1, 0.15) is 28.4 Å². The fourth-order valence-corrected chi connectivity index (χ4v) is 4.63. The molecule has 3 atom stereocenters. The molecule has 214 valence electrons. The molecule has 0 aliphatic carbocycles. The van der Waals surface area contributed by atoms with Crippen LogP contribution in [0.25, 0.3) is 11.4 Å². The van der Waals surface area contributed by atoms with E-state index in [0.29, 0.717) is 29.6 Å². The summed E-state index contributed by atoms with van der Waals surface area (Å²) < 4.78 is 18.8. The summed E-state index contributed by atoms with van der Waals surface area (Å²) in [6.45, 7) is 1.03. The van der Waals surface area contributed by atoms with E-state index in [-0.39, 0.29) is 13.2 Å². The molecule has 0 radical (unpaired) electrons. The summed E-state index contributed by atoms with van der Waals surface area (Å²) in [4.78, 5) is 9.23. The lowest BCUT2D eigenvalue weighted by molar-refractivity contribution is -0.150. The zero-order valence-corrected chi connectivity index (χ0v) is 23.9. The number of aromatic nitrogens is 2. The molecule has 0 bridgehead atoms. The summed E-state index contributed by atoms with van der Waals surface area (Å²) in [6, 6.07) is 36.9. The van der Waals surface area contributed by atoms with E-state index in [4.69, 9.17) is 25.8 Å². The highest BCUT2D eigenvalue weighted by Crippen LogP contribution is 2.29. The molecule has 0 aliphatic heterocycles. The van der Waals surface area contributed by atoms with Gasteiger partial charge in [0.1, 0.15) is 18.3 Å². The Morgan fingerprint density at radius 3 is 1.67 bits per heavy atom. The van der Waals surface area contributed by atoms with Gasteiger partial charge in [0.2, 0.25) is 0 Å². The molecular formula is C35H33ClN2O4. The molecule has 0 fully saturated rings. The highest BCUT2D eigenvalue weighted by Gasteiger charge is 2.33. The fourth-order valence-electron chi connectivity index (χ4n) is 4.51. The Balaban J connectivity index is 1.40. The summed E-state index contributed by atoms with van der Waals surface area (Å²) in [5.41, 5.74) is 4.53. The number of aliphatic hydroxyl groups is 1. The Morgan fingerprint density at radius 2 is 1.12 bits per heavy atom. The summed E-state index contributed by atoms with van der Waals surface area (Å²) in [6.07, 6.45) is 1.01. The van der Waals surface area contributed by atoms with Crippen LogP contribution >= 0.6 is 11.6 Å². The van der Waals surface area contributed by atoms with Crippen molar-refractivity contribution < 1.29 is 19.3 Å². The lowest BCUT2D eigenvalue weighted by atomic mass is 10.0. The van der Waals surface area contributed by atoms with Gasteiger partial charge in [0.25, 0.3) is 0 Å². The number of halogens is 1. The molecule has 0 unspecified atom stereocenters. The molecule has 5 aromatic rings. The van der Waals surface area contributed by atoms with Gasteiger partial charge in [0, 0.05) is 28.5 Å². The minimum absolute atomic E-state index is 0.0588. The standard InChI is InChI=1S/C35H33ClN2O4/c36-31-18-16-29(17-19-31)35-37-20-30(21-38-35)33(41-23-27-12-6-2-7-13-27)34(42-24-28-14-8-3-9-15-28)32(39)25-40-22-26-10-4-1-5-11-26/h1-21,32-34,39H,22-25H2/t32-,33-,34+/m1/s1. The third kappa shape index (κ3) is 8.55. The van der Waals surface area contributed by atoms with Gasteiger partial charge in [0.05, 0.1) is 26.4 Å². The van der Waals surface area contributed by atoms with Crippen LogP contribution in [0.15, 0.2) is 128 Å². The molecule has 4 aromatic carbocycles. The third-order valence-corrected chi connectivity index (χ3v) is 6.99. The Kier molecular flexibility index (Phi) is 10.8. The average molecular weight is 581 g/mol. The first-order valence-electron chi connectivity index (χ1n) is 13.8. The monoisotopic (exact) mass is 580 g/mol. The van der Waals surface area contributed by atoms with Crippen LogP contribution in [0.3, 0.4) is 0 Å². The van der Waals surface area contributed by atoms with E-state index in [1.54, 1.807) is 24.5 Å². The van der Waals surface area contributed by atoms with Crippen molar-refractivity contribution in [3.8, 4) is 11.4 Å². The van der Waals surface area contributed by atoms with Crippen LogP contribution in [-0.2, 0) is 34.0 Å². The van der Waals surface area contributed by atoms with Crippen molar-refractivity contribution >= 4 is 11.6 Å². The lowest BCUT2D eigenvalue weighted by Crippen LogP contribution is -2.39. The summed E-state index contributed by atoms with van der Waals surface area (Å²) in [7, 11) is 0. The largest absolute Gasteiger partial charge is 0.388 e. The molecule has 42 heavy (non-hydrogen) atoms. The molecule has 1 N–H and O–H groups in total. The van der Waals surface area contributed by atoms with E-state index in [2.05, 4.69) is 9.97 Å². The van der Waals surface area contributed by atoms with Crippen molar-refractivity contribution in [2.75, 3.05) is 6.61 Å². The maximum absolute atomic E-state index is 11.5. The van der Waals surface area contributed by atoms with Crippen LogP contribution in [0.2, 0.25) is 5.02 Å². The third-order valence-electron chi connectivity index (χ3n) is 6.74. The van der Waals surface area contributed by atoms with Crippen molar-refractivity contribution in [2.24, 2.45) is 0 Å². The average Bonchev–Trinajstić information content (AvgIpc) is 3.04. The number of rotatable bonds is 14. The van der Waals surface area contributed by atoms with Crippen molar-refractivity contribution in [1.82, 2.24) is 9.97 Å². The van der Waals surface area contributed by atoms with Crippen molar-refractivity contribution in [1.29, 1.82) is 0 Å². The summed E-state index contributed by atoms with van der Waals surface area (Å²) in [5.74, 6) is 0.561. The fraction of sp³-hybridized carbons (Fsp3) is 0.200. The molecular weight excluding hydrogens is 548 g/mol. The van der Waals surface area contributed by atoms with Gasteiger partial charge in [-0.2, -0.15) is 0 Å². The van der Waals surface area contributed by atoms with Gasteiger partial charge in [-0.05, 0) is 41.0 Å². The molecule has 7 heteroatoms. The van der Waals surface area contributed by atoms with Crippen molar-refractivity contribution in [2.45, 2.75) is 38.1 Å². The zero-order valence-electron chi connectivity index (χ0n) is 23.1. The number of ether oxygens (including phenoxy) is 3. The van der Waals surface area contributed by atoms with Crippen LogP contribution < -0.4 is 0 Å². The van der Waals surface area contributed by atoms with Gasteiger partial charge in [-0.1, -0.05) is 103 Å². The molecule has 1 heterocycles. The topological polar surface area (TPSA) is 73.7 Å². The predicted molar refractivity (Wildman–Crippen MR) is 164 cm³/mol. The quantitative estimate of drug-likeness (QED) is 0.149. The smallest absolute Gasteiger partial charge is 0.159 e. The number of hydrogen-bond acceptors (Lipinski definition) is 6. The second kappa shape index (κ2) is 15.4. The van der Waals surface area contributed by atoms with Gasteiger partial charge >= 0.3 is 0 Å². The van der Waals surface area contributed by atoms with Crippen LogP contribution in [0, 0.1) is 0 Å². The summed E-state index contributed by atoms with van der Waals surface area (Å²) in [5, 5.41) is 12.1. The van der Waals surface area contributed by atoms with Crippen molar-refractivity contribution in [3.63, 3.8) is 0 Å². The highest BCUT2D eigenvalue weighted by molar-refractivity contribution is 6.30. The predicted octanol–water partition coefficient (Wildman–Crippen LogP) is 7.22. The first-order chi connectivity index (χ1) is 20.7. The van der Waals surface area contributed by atoms with Gasteiger partial charge in [-0.25, -0.2) is 9.97 Å². The minimum atomic E-state index is -0.992. The SMILES string of the molecule is O[C@H](COCc1ccccc1)[C@H](OCc1ccccc1)[C@H](OCc1ccccc1)c1cnc(-c2ccc(Cl)cc2)nc1. The van der Waals surface area contributed by atoms with E-state index >= 15 is 0 Å². The molecule has 5 rings (SSSR count). The molecule has 0 spiro atoms. The maximum Gasteiger partial charge on any atom is 0.159 e. The molecule has 1 aromatic heterocycles. The zero-order chi connectivity index (χ0) is 29.0. The van der Waals surface area contributed by atoms with Crippen LogP contribution in [-0.4, -0.2) is 33.9 Å². The van der Waals surface area contributed by atoms with Gasteiger partial charge in [-0.3, -0.25) is 0 Å². The lowest BCUT2D eigenvalue weighted by Gasteiger charge is -2.31. The van der Waals surface area contributed by atoms with E-state index < -0.39 is 18.3 Å². The number of aliphatic hydroxyl groups excluding tert-OH is 1. The first-order valence-corrected chi connectivity index (χ1v) is 14.2. The summed E-state index contributed by atoms with van der Waals surface area (Å²) >= 11 is 6.06. The second-order valence-electron chi connectivity index (χ2n) is 9.89. The number of hydrogen-bond donors (Lipinski definition) is 1. The van der Waals surface area contributed by atoms with E-state index in [1.165, 1.54) is 0 Å². The maximum atomic E-state index is 11.5. The Hall–Kier alpha value is -3.91. The Labute approximate surface area is 251 Å². The van der Waals surface area contributed by atoms with E-state index in [1.807, 2.05) is 103 Å². The Morgan fingerprint density at radius 1 is 0.619 bits per heavy atom. The van der Waals surface area contributed by atoms with Crippen LogP contribution in [0.5, 0.6) is 0 Å². The van der Waals surface area contributed by atoms with Crippen LogP contribution in [0.4, 0.5) is 0 Å². The Bertz CT molecular complexity index is 1470. The van der Waals surface area contributed by atoms with Crippen molar-refractivity contribution in [3.05, 3.63) is 155 Å². The van der Waals surface area contributed by atoms with E-state index in [0.717, 1.165) is 22.3 Å². The number of nitrogens with zero attached hydrogens (tertiary/aromatic N) is 2. The molecule has 0 amide bonds. The molecule has 6 nitrogen and oxygen atoms in total. The number of benzene rings is 4. The normalized spacial score (nSPS) is 13.4. The highest BCUT2D eigenvalue weighted by atomic mass is 35.5. The molecule has 0 saturated carbocycles. The minimum Gasteiger partial charge on any atom is -0.388 e. The van der Waals surface area contributed by atoms with E-state index in [9.17, 15) is 5.11 Å². The first kappa shape index (κ1) is 29.6. The molecule has 0 saturated heterocycles. The molecule has 0 aliphatic rings. The van der Waals surface area contributed by atoms with Gasteiger partial charge in [0.15, 0.2) is 5.82 Å². The second-order valence-corrected chi connectivity index (χ2v) is 10.3.